The Morgan fingerprint density at radius 1 is 1.18 bits per heavy atom. The first-order chi connectivity index (χ1) is 13.6. The topological polar surface area (TPSA) is 44.4 Å². The van der Waals surface area contributed by atoms with Crippen LogP contribution in [0.4, 0.5) is 21.5 Å². The molecule has 4 rings (SSSR count). The van der Waals surface area contributed by atoms with Crippen molar-refractivity contribution in [3.63, 3.8) is 0 Å². The quantitative estimate of drug-likeness (QED) is 0.698. The fourth-order valence-corrected chi connectivity index (χ4v) is 4.12. The van der Waals surface area contributed by atoms with Crippen LogP contribution in [-0.4, -0.2) is 19.0 Å². The van der Waals surface area contributed by atoms with E-state index in [1.54, 1.807) is 12.3 Å². The summed E-state index contributed by atoms with van der Waals surface area (Å²) in [7, 11) is 0. The Morgan fingerprint density at radius 2 is 1.93 bits per heavy atom. The molecule has 2 N–H and O–H groups in total. The molecule has 1 fully saturated rings. The second-order valence-corrected chi connectivity index (χ2v) is 7.61. The summed E-state index contributed by atoms with van der Waals surface area (Å²) in [5.74, 6) is 0.298. The van der Waals surface area contributed by atoms with Crippen molar-refractivity contribution in [1.29, 1.82) is 0 Å². The Hall–Kier alpha value is -2.82. The van der Waals surface area contributed by atoms with Gasteiger partial charge in [-0.25, -0.2) is 4.39 Å². The number of amides is 1. The molecule has 0 atom stereocenters. The summed E-state index contributed by atoms with van der Waals surface area (Å²) in [4.78, 5) is 14.6. The molecule has 0 aromatic heterocycles. The van der Waals surface area contributed by atoms with E-state index in [-0.39, 0.29) is 11.7 Å². The van der Waals surface area contributed by atoms with Crippen LogP contribution in [0.25, 0.3) is 5.57 Å². The third-order valence-electron chi connectivity index (χ3n) is 5.69. The number of anilines is 3. The van der Waals surface area contributed by atoms with Gasteiger partial charge in [-0.15, -0.1) is 0 Å². The van der Waals surface area contributed by atoms with Gasteiger partial charge in [0.1, 0.15) is 5.82 Å². The highest BCUT2D eigenvalue weighted by molar-refractivity contribution is 6.31. The van der Waals surface area contributed by atoms with Crippen molar-refractivity contribution < 1.29 is 9.18 Å². The summed E-state index contributed by atoms with van der Waals surface area (Å²) >= 11 is 0. The van der Waals surface area contributed by atoms with Gasteiger partial charge in [-0.3, -0.25) is 4.79 Å². The van der Waals surface area contributed by atoms with E-state index in [1.807, 2.05) is 12.1 Å². The number of halogens is 1. The second kappa shape index (κ2) is 8.05. The lowest BCUT2D eigenvalue weighted by atomic mass is 9.92. The molecule has 1 saturated heterocycles. The molecule has 0 saturated carbocycles. The van der Waals surface area contributed by atoms with Gasteiger partial charge in [0.2, 0.25) is 0 Å². The van der Waals surface area contributed by atoms with Crippen LogP contribution in [0.3, 0.4) is 0 Å². The summed E-state index contributed by atoms with van der Waals surface area (Å²) in [6.45, 7) is 4.49. The second-order valence-electron chi connectivity index (χ2n) is 7.61. The van der Waals surface area contributed by atoms with Gasteiger partial charge >= 0.3 is 0 Å². The zero-order chi connectivity index (χ0) is 19.5. The Balaban J connectivity index is 1.41. The van der Waals surface area contributed by atoms with E-state index >= 15 is 0 Å². The average Bonchev–Trinajstić information content (AvgIpc) is 3.02. The lowest BCUT2D eigenvalue weighted by molar-refractivity contribution is -0.110. The van der Waals surface area contributed by atoms with Crippen LogP contribution >= 0.6 is 0 Å². The van der Waals surface area contributed by atoms with Crippen LogP contribution in [0.1, 0.15) is 38.2 Å². The van der Waals surface area contributed by atoms with E-state index in [9.17, 15) is 9.18 Å². The van der Waals surface area contributed by atoms with Gasteiger partial charge in [-0.05, 0) is 61.2 Å². The summed E-state index contributed by atoms with van der Waals surface area (Å²) < 4.78 is 13.5. The van der Waals surface area contributed by atoms with Gasteiger partial charge in [0, 0.05) is 41.9 Å². The highest BCUT2D eigenvalue weighted by Crippen LogP contribution is 2.32. The van der Waals surface area contributed by atoms with Gasteiger partial charge in [0.05, 0.1) is 5.57 Å². The lowest BCUT2D eigenvalue weighted by Crippen LogP contribution is -2.33. The summed E-state index contributed by atoms with van der Waals surface area (Å²) in [5.41, 5.74) is 3.80. The number of hydrogen-bond donors (Lipinski definition) is 2. The van der Waals surface area contributed by atoms with E-state index < -0.39 is 0 Å². The minimum Gasteiger partial charge on any atom is -0.372 e. The first-order valence-electron chi connectivity index (χ1n) is 10.1. The number of piperidine rings is 1. The predicted octanol–water partition coefficient (Wildman–Crippen LogP) is 5.25. The molecule has 146 valence electrons. The highest BCUT2D eigenvalue weighted by Gasteiger charge is 2.24. The highest BCUT2D eigenvalue weighted by atomic mass is 19.1. The molecular weight excluding hydrogens is 353 g/mol. The molecule has 0 bridgehead atoms. The van der Waals surface area contributed by atoms with Crippen molar-refractivity contribution in [3.8, 4) is 0 Å². The van der Waals surface area contributed by atoms with E-state index in [0.717, 1.165) is 24.7 Å². The average molecular weight is 379 g/mol. The van der Waals surface area contributed by atoms with Crippen LogP contribution in [0.5, 0.6) is 0 Å². The van der Waals surface area contributed by atoms with Crippen LogP contribution in [0, 0.1) is 11.7 Å². The van der Waals surface area contributed by atoms with Crippen molar-refractivity contribution in [2.45, 2.75) is 32.6 Å². The van der Waals surface area contributed by atoms with E-state index in [0.29, 0.717) is 16.8 Å². The molecule has 0 unspecified atom stereocenters. The molecule has 28 heavy (non-hydrogen) atoms. The number of carbonyl (C=O) groups excluding carboxylic acids is 1. The molecule has 2 aromatic rings. The van der Waals surface area contributed by atoms with Gasteiger partial charge in [-0.1, -0.05) is 19.8 Å². The van der Waals surface area contributed by atoms with Crippen LogP contribution in [0.2, 0.25) is 0 Å². The number of benzene rings is 2. The molecule has 4 nitrogen and oxygen atoms in total. The van der Waals surface area contributed by atoms with Crippen molar-refractivity contribution in [1.82, 2.24) is 0 Å². The molecule has 2 aliphatic rings. The van der Waals surface area contributed by atoms with E-state index in [4.69, 9.17) is 0 Å². The largest absolute Gasteiger partial charge is 0.372 e. The minimum atomic E-state index is -0.354. The summed E-state index contributed by atoms with van der Waals surface area (Å²) in [5, 5.41) is 5.92. The fourth-order valence-electron chi connectivity index (χ4n) is 4.12. The van der Waals surface area contributed by atoms with E-state index in [1.165, 1.54) is 43.5 Å². The maximum Gasteiger partial charge on any atom is 0.257 e. The Labute approximate surface area is 165 Å². The Morgan fingerprint density at radius 3 is 2.64 bits per heavy atom. The SMILES string of the molecule is CCCC1CCN(c2ccc(N/C=C3/C(=O)Nc4ccc(F)cc43)cc2)CC1. The molecule has 2 aromatic carbocycles. The fraction of sp³-hybridized carbons (Fsp3) is 0.348. The molecule has 2 aliphatic heterocycles. The Bertz CT molecular complexity index is 883. The first-order valence-corrected chi connectivity index (χ1v) is 10.1. The summed E-state index contributed by atoms with van der Waals surface area (Å²) in [6, 6.07) is 12.6. The monoisotopic (exact) mass is 379 g/mol. The molecule has 0 aliphatic carbocycles. The number of rotatable bonds is 5. The van der Waals surface area contributed by atoms with Crippen molar-refractivity contribution in [3.05, 3.63) is 60.0 Å². The molecule has 0 spiro atoms. The maximum atomic E-state index is 13.5. The third-order valence-corrected chi connectivity index (χ3v) is 5.69. The number of nitrogens with zero attached hydrogens (tertiary/aromatic N) is 1. The van der Waals surface area contributed by atoms with Crippen LogP contribution in [-0.2, 0) is 4.79 Å². The lowest BCUT2D eigenvalue weighted by Gasteiger charge is -2.33. The maximum absolute atomic E-state index is 13.5. The number of nitrogens with one attached hydrogen (secondary N) is 2. The summed E-state index contributed by atoms with van der Waals surface area (Å²) in [6.07, 6.45) is 6.80. The molecule has 0 radical (unpaired) electrons. The zero-order valence-electron chi connectivity index (χ0n) is 16.2. The number of hydrogen-bond acceptors (Lipinski definition) is 3. The molecular formula is C23H26FN3O. The predicted molar refractivity (Wildman–Crippen MR) is 113 cm³/mol. The van der Waals surface area contributed by atoms with Gasteiger partial charge < -0.3 is 15.5 Å². The standard InChI is InChI=1S/C23H26FN3O/c1-2-3-16-10-12-27(13-11-16)19-7-5-18(6-8-19)25-15-21-20-14-17(24)4-9-22(20)26-23(21)28/h4-9,14-16,25H,2-3,10-13H2,1H3,(H,26,28)/b21-15+. The zero-order valence-corrected chi connectivity index (χ0v) is 16.2. The third kappa shape index (κ3) is 3.88. The molecule has 2 heterocycles. The van der Waals surface area contributed by atoms with Gasteiger partial charge in [0.15, 0.2) is 0 Å². The van der Waals surface area contributed by atoms with Crippen LogP contribution < -0.4 is 15.5 Å². The normalized spacial score (nSPS) is 18.3. The van der Waals surface area contributed by atoms with Crippen molar-refractivity contribution >= 4 is 28.5 Å². The number of carbonyl (C=O) groups is 1. The Kier molecular flexibility index (Phi) is 5.33. The molecule has 1 amide bonds. The first kappa shape index (κ1) is 18.5. The minimum absolute atomic E-state index is 0.223. The van der Waals surface area contributed by atoms with Crippen molar-refractivity contribution in [2.24, 2.45) is 5.92 Å². The van der Waals surface area contributed by atoms with Gasteiger partial charge in [-0.2, -0.15) is 0 Å². The number of fused-ring (bicyclic) bond motifs is 1. The van der Waals surface area contributed by atoms with Crippen molar-refractivity contribution in [2.75, 3.05) is 28.6 Å². The van der Waals surface area contributed by atoms with Crippen LogP contribution in [0.15, 0.2) is 48.7 Å². The molecule has 5 heteroatoms. The van der Waals surface area contributed by atoms with Gasteiger partial charge in [0.25, 0.3) is 5.91 Å². The van der Waals surface area contributed by atoms with E-state index in [2.05, 4.69) is 34.6 Å². The smallest absolute Gasteiger partial charge is 0.257 e.